The Balaban J connectivity index is 2.98. The number of nitrogens with two attached hydrogens (primary N) is 1. The van der Waals surface area contributed by atoms with E-state index in [0.717, 1.165) is 0 Å². The minimum atomic E-state index is -1.11. The Morgan fingerprint density at radius 1 is 1.47 bits per heavy atom. The van der Waals surface area contributed by atoms with Gasteiger partial charge in [-0.05, 0) is 19.1 Å². The molecule has 0 spiro atoms. The smallest absolute Gasteiger partial charge is 0.255 e. The molecular formula is C11H15ClN2O3. The molecule has 0 fully saturated rings. The van der Waals surface area contributed by atoms with Crippen LogP contribution in [0.3, 0.4) is 0 Å². The maximum Gasteiger partial charge on any atom is 0.255 e. The molecule has 1 aromatic carbocycles. The predicted octanol–water partition coefficient (Wildman–Crippen LogP) is 0.395. The van der Waals surface area contributed by atoms with Crippen molar-refractivity contribution in [3.8, 4) is 0 Å². The number of carbonyl (C=O) groups excluding carboxylic acids is 1. The number of anilines is 1. The lowest BCUT2D eigenvalue weighted by Crippen LogP contribution is -2.51. The summed E-state index contributed by atoms with van der Waals surface area (Å²) in [6.45, 7) is 0.733. The Bertz CT molecular complexity index is 399. The highest BCUT2D eigenvalue weighted by Crippen LogP contribution is 2.22. The van der Waals surface area contributed by atoms with E-state index in [1.54, 1.807) is 18.2 Å². The van der Waals surface area contributed by atoms with Crippen molar-refractivity contribution in [3.63, 3.8) is 0 Å². The van der Waals surface area contributed by atoms with Gasteiger partial charge in [-0.15, -0.1) is 0 Å². The summed E-state index contributed by atoms with van der Waals surface area (Å²) in [7, 11) is 0. The lowest BCUT2D eigenvalue weighted by atomic mass is 10.0. The number of amides is 1. The summed E-state index contributed by atoms with van der Waals surface area (Å²) in [6, 6.07) is 4.73. The molecular weight excluding hydrogens is 244 g/mol. The molecule has 1 aromatic rings. The molecule has 6 heteroatoms. The molecule has 5 nitrogen and oxygen atoms in total. The molecule has 0 saturated carbocycles. The molecule has 1 amide bonds. The summed E-state index contributed by atoms with van der Waals surface area (Å²) >= 11 is 5.87. The van der Waals surface area contributed by atoms with Gasteiger partial charge in [-0.2, -0.15) is 0 Å². The second kappa shape index (κ2) is 5.35. The first kappa shape index (κ1) is 13.8. The van der Waals surface area contributed by atoms with Crippen LogP contribution in [0.15, 0.2) is 18.2 Å². The van der Waals surface area contributed by atoms with Gasteiger partial charge >= 0.3 is 0 Å². The Morgan fingerprint density at radius 3 is 2.53 bits per heavy atom. The summed E-state index contributed by atoms with van der Waals surface area (Å²) in [5, 5.41) is 20.9. The topological polar surface area (TPSA) is 95.6 Å². The lowest BCUT2D eigenvalue weighted by molar-refractivity contribution is 0.0724. The van der Waals surface area contributed by atoms with Crippen LogP contribution in [-0.4, -0.2) is 34.9 Å². The molecule has 0 atom stereocenters. The zero-order valence-corrected chi connectivity index (χ0v) is 10.2. The zero-order chi connectivity index (χ0) is 13.1. The second-order valence-corrected chi connectivity index (χ2v) is 4.44. The summed E-state index contributed by atoms with van der Waals surface area (Å²) in [6.07, 6.45) is 0. The van der Waals surface area contributed by atoms with Gasteiger partial charge < -0.3 is 21.3 Å². The van der Waals surface area contributed by atoms with Gasteiger partial charge in [-0.1, -0.05) is 17.7 Å². The molecule has 0 aliphatic carbocycles. The van der Waals surface area contributed by atoms with Gasteiger partial charge in [-0.3, -0.25) is 4.79 Å². The molecule has 0 bridgehead atoms. The van der Waals surface area contributed by atoms with Gasteiger partial charge in [0.05, 0.1) is 29.3 Å². The number of benzene rings is 1. The van der Waals surface area contributed by atoms with Crippen molar-refractivity contribution in [1.29, 1.82) is 0 Å². The van der Waals surface area contributed by atoms with Crippen LogP contribution < -0.4 is 11.1 Å². The van der Waals surface area contributed by atoms with Gasteiger partial charge in [0.1, 0.15) is 0 Å². The monoisotopic (exact) mass is 258 g/mol. The Labute approximate surface area is 104 Å². The van der Waals surface area contributed by atoms with E-state index in [4.69, 9.17) is 27.5 Å². The second-order valence-electron chi connectivity index (χ2n) is 4.04. The molecule has 0 radical (unpaired) electrons. The number of hydrogen-bond donors (Lipinski definition) is 4. The van der Waals surface area contributed by atoms with Crippen molar-refractivity contribution < 1.29 is 15.0 Å². The maximum absolute atomic E-state index is 11.9. The number of hydrogen-bond acceptors (Lipinski definition) is 4. The Morgan fingerprint density at radius 2 is 2.06 bits per heavy atom. The average molecular weight is 259 g/mol. The van der Waals surface area contributed by atoms with Crippen LogP contribution in [0.5, 0.6) is 0 Å². The van der Waals surface area contributed by atoms with Crippen molar-refractivity contribution in [1.82, 2.24) is 5.32 Å². The third kappa shape index (κ3) is 3.09. The molecule has 1 rings (SSSR count). The molecule has 0 aromatic heterocycles. The van der Waals surface area contributed by atoms with Crippen LogP contribution in [0.25, 0.3) is 0 Å². The van der Waals surface area contributed by atoms with Crippen LogP contribution in [0, 0.1) is 0 Å². The Hall–Kier alpha value is -1.30. The van der Waals surface area contributed by atoms with Crippen molar-refractivity contribution in [3.05, 3.63) is 28.8 Å². The normalized spacial score (nSPS) is 11.3. The highest BCUT2D eigenvalue weighted by Gasteiger charge is 2.26. The number of nitrogens with one attached hydrogen (secondary N) is 1. The van der Waals surface area contributed by atoms with Crippen molar-refractivity contribution in [2.24, 2.45) is 0 Å². The van der Waals surface area contributed by atoms with Crippen LogP contribution in [-0.2, 0) is 0 Å². The van der Waals surface area contributed by atoms with Crippen LogP contribution in [0.2, 0.25) is 5.02 Å². The van der Waals surface area contributed by atoms with Gasteiger partial charge in [-0.25, -0.2) is 0 Å². The van der Waals surface area contributed by atoms with Crippen LogP contribution >= 0.6 is 11.6 Å². The summed E-state index contributed by atoms with van der Waals surface area (Å²) in [4.78, 5) is 11.9. The molecule has 0 unspecified atom stereocenters. The number of halogens is 1. The van der Waals surface area contributed by atoms with E-state index in [-0.39, 0.29) is 29.5 Å². The third-order valence-electron chi connectivity index (χ3n) is 2.39. The molecule has 17 heavy (non-hydrogen) atoms. The molecule has 0 aliphatic rings. The van der Waals surface area contributed by atoms with E-state index >= 15 is 0 Å². The zero-order valence-electron chi connectivity index (χ0n) is 9.40. The summed E-state index contributed by atoms with van der Waals surface area (Å²) in [5.74, 6) is -0.529. The molecule has 5 N–H and O–H groups in total. The van der Waals surface area contributed by atoms with Crippen molar-refractivity contribution in [2.45, 2.75) is 12.5 Å². The van der Waals surface area contributed by atoms with Gasteiger partial charge in [0.2, 0.25) is 0 Å². The molecule has 94 valence electrons. The minimum Gasteiger partial charge on any atom is -0.398 e. The summed E-state index contributed by atoms with van der Waals surface area (Å²) in [5.41, 5.74) is 4.93. The molecule has 0 heterocycles. The van der Waals surface area contributed by atoms with Gasteiger partial charge in [0, 0.05) is 5.69 Å². The first-order chi connectivity index (χ1) is 7.93. The average Bonchev–Trinajstić information content (AvgIpc) is 2.28. The fourth-order valence-corrected chi connectivity index (χ4v) is 1.51. The quantitative estimate of drug-likeness (QED) is 0.588. The van der Waals surface area contributed by atoms with Crippen molar-refractivity contribution in [2.75, 3.05) is 18.9 Å². The molecule has 0 saturated heterocycles. The van der Waals surface area contributed by atoms with E-state index in [1.807, 2.05) is 0 Å². The number of aliphatic hydroxyl groups excluding tert-OH is 2. The van der Waals surface area contributed by atoms with Crippen LogP contribution in [0.1, 0.15) is 17.3 Å². The number of nitrogen functional groups attached to an aromatic ring is 1. The van der Waals surface area contributed by atoms with E-state index in [9.17, 15) is 4.79 Å². The van der Waals surface area contributed by atoms with Gasteiger partial charge in [0.25, 0.3) is 5.91 Å². The van der Waals surface area contributed by atoms with Gasteiger partial charge in [0.15, 0.2) is 0 Å². The van der Waals surface area contributed by atoms with E-state index in [1.165, 1.54) is 6.92 Å². The maximum atomic E-state index is 11.9. The van der Waals surface area contributed by atoms with Crippen LogP contribution in [0.4, 0.5) is 5.69 Å². The predicted molar refractivity (Wildman–Crippen MR) is 65.9 cm³/mol. The number of rotatable bonds is 4. The fraction of sp³-hybridized carbons (Fsp3) is 0.364. The van der Waals surface area contributed by atoms with E-state index in [2.05, 4.69) is 5.32 Å². The third-order valence-corrected chi connectivity index (χ3v) is 2.70. The Kier molecular flexibility index (Phi) is 4.34. The standard InChI is InChI=1S/C11H15ClN2O3/c1-11(5-15,6-16)14-10(17)9-7(12)3-2-4-8(9)13/h2-4,15-16H,5-6,13H2,1H3,(H,14,17). The highest BCUT2D eigenvalue weighted by molar-refractivity contribution is 6.34. The largest absolute Gasteiger partial charge is 0.398 e. The SMILES string of the molecule is CC(CO)(CO)NC(=O)c1c(N)cccc1Cl. The first-order valence-electron chi connectivity index (χ1n) is 5.02. The first-order valence-corrected chi connectivity index (χ1v) is 5.39. The minimum absolute atomic E-state index is 0.141. The molecule has 0 aliphatic heterocycles. The van der Waals surface area contributed by atoms with E-state index in [0.29, 0.717) is 0 Å². The lowest BCUT2D eigenvalue weighted by Gasteiger charge is -2.26. The fourth-order valence-electron chi connectivity index (χ4n) is 1.25. The van der Waals surface area contributed by atoms with Crippen molar-refractivity contribution >= 4 is 23.2 Å². The number of aliphatic hydroxyl groups is 2. The van der Waals surface area contributed by atoms with E-state index < -0.39 is 11.4 Å². The highest BCUT2D eigenvalue weighted by atomic mass is 35.5. The summed E-state index contributed by atoms with van der Waals surface area (Å²) < 4.78 is 0. The number of carbonyl (C=O) groups is 1.